The van der Waals surface area contributed by atoms with Crippen LogP contribution in [0.2, 0.25) is 0 Å². The summed E-state index contributed by atoms with van der Waals surface area (Å²) in [7, 11) is -3.67. The Balaban J connectivity index is 1.55. The number of nitrogens with one attached hydrogen (secondary N) is 2. The van der Waals surface area contributed by atoms with Crippen LogP contribution in [-0.4, -0.2) is 52.6 Å². The summed E-state index contributed by atoms with van der Waals surface area (Å²) in [5.74, 6) is 0.645. The van der Waals surface area contributed by atoms with Crippen LogP contribution in [0.1, 0.15) is 33.8 Å². The first-order valence-corrected chi connectivity index (χ1v) is 11.8. The molecule has 4 heterocycles. The molecule has 0 aliphatic carbocycles. The van der Waals surface area contributed by atoms with Crippen LogP contribution in [0.3, 0.4) is 0 Å². The molecular weight excluding hydrogens is 424 g/mol. The van der Waals surface area contributed by atoms with Crippen LogP contribution in [0.4, 0.5) is 10.9 Å². The van der Waals surface area contributed by atoms with Crippen LogP contribution < -0.4 is 5.32 Å². The van der Waals surface area contributed by atoms with E-state index in [1.54, 1.807) is 25.2 Å². The quantitative estimate of drug-likeness (QED) is 0.617. The van der Waals surface area contributed by atoms with E-state index >= 15 is 0 Å². The Labute approximate surface area is 179 Å². The molecular formula is C19H24N6O3S2. The highest BCUT2D eigenvalue weighted by molar-refractivity contribution is 7.89. The monoisotopic (exact) mass is 448 g/mol. The fraction of sp³-hybridized carbons (Fsp3) is 0.421. The topological polar surface area (TPSA) is 113 Å². The molecule has 0 amide bonds. The van der Waals surface area contributed by atoms with Gasteiger partial charge in [0.1, 0.15) is 16.8 Å². The Kier molecular flexibility index (Phi) is 5.62. The molecule has 1 fully saturated rings. The molecule has 160 valence electrons. The second kappa shape index (κ2) is 8.06. The third-order valence-electron chi connectivity index (χ3n) is 5.05. The lowest BCUT2D eigenvalue weighted by Gasteiger charge is -2.32. The highest BCUT2D eigenvalue weighted by Crippen LogP contribution is 2.29. The van der Waals surface area contributed by atoms with Crippen molar-refractivity contribution >= 4 is 32.3 Å². The third-order valence-corrected chi connectivity index (χ3v) is 8.17. The van der Waals surface area contributed by atoms with Crippen molar-refractivity contribution in [1.82, 2.24) is 24.5 Å². The van der Waals surface area contributed by atoms with Gasteiger partial charge in [0, 0.05) is 18.0 Å². The first-order valence-electron chi connectivity index (χ1n) is 9.57. The Hall–Kier alpha value is -2.34. The minimum Gasteiger partial charge on any atom is -0.369 e. The van der Waals surface area contributed by atoms with Crippen LogP contribution in [0.5, 0.6) is 0 Å². The van der Waals surface area contributed by atoms with E-state index in [0.717, 1.165) is 15.7 Å². The largest absolute Gasteiger partial charge is 0.369 e. The second-order valence-corrected chi connectivity index (χ2v) is 10.3. The molecule has 3 aromatic heterocycles. The van der Waals surface area contributed by atoms with Crippen LogP contribution in [0.15, 0.2) is 23.1 Å². The minimum absolute atomic E-state index is 0.193. The number of nitrogens with zero attached hydrogens (tertiary/aromatic N) is 4. The number of anilines is 2. The number of ether oxygens (including phenoxy) is 1. The van der Waals surface area contributed by atoms with Gasteiger partial charge in [-0.05, 0) is 39.8 Å². The zero-order valence-corrected chi connectivity index (χ0v) is 18.9. The Morgan fingerprint density at radius 1 is 1.20 bits per heavy atom. The summed E-state index contributed by atoms with van der Waals surface area (Å²) in [5, 5.41) is 10.8. The van der Waals surface area contributed by atoms with Crippen molar-refractivity contribution < 1.29 is 13.2 Å². The van der Waals surface area contributed by atoms with Gasteiger partial charge in [-0.2, -0.15) is 9.40 Å². The fourth-order valence-corrected chi connectivity index (χ4v) is 5.99. The van der Waals surface area contributed by atoms with Gasteiger partial charge in [-0.3, -0.25) is 5.10 Å². The van der Waals surface area contributed by atoms with Crippen LogP contribution in [-0.2, 0) is 14.8 Å². The van der Waals surface area contributed by atoms with E-state index in [4.69, 9.17) is 4.74 Å². The molecule has 1 saturated heterocycles. The highest BCUT2D eigenvalue weighted by atomic mass is 32.2. The van der Waals surface area contributed by atoms with Crippen molar-refractivity contribution in [3.05, 3.63) is 45.9 Å². The lowest BCUT2D eigenvalue weighted by Crippen LogP contribution is -2.42. The highest BCUT2D eigenvalue weighted by Gasteiger charge is 2.35. The van der Waals surface area contributed by atoms with Crippen LogP contribution >= 0.6 is 11.3 Å². The lowest BCUT2D eigenvalue weighted by atomic mass is 10.2. The zero-order chi connectivity index (χ0) is 21.5. The molecule has 0 spiro atoms. The number of sulfonamides is 1. The SMILES string of the molecule is Cc1nc(Nc2cccc([C@@H]3CN(S(=O)(=O)c4c(C)n[nH]c4C)CCO3)n2)sc1C. The second-order valence-electron chi connectivity index (χ2n) is 7.22. The zero-order valence-electron chi connectivity index (χ0n) is 17.3. The van der Waals surface area contributed by atoms with E-state index in [9.17, 15) is 8.42 Å². The van der Waals surface area contributed by atoms with Gasteiger partial charge in [-0.25, -0.2) is 18.4 Å². The number of rotatable bonds is 5. The molecule has 0 unspecified atom stereocenters. The Bertz CT molecular complexity index is 1130. The smallest absolute Gasteiger partial charge is 0.246 e. The van der Waals surface area contributed by atoms with Crippen molar-refractivity contribution in [3.8, 4) is 0 Å². The summed E-state index contributed by atoms with van der Waals surface area (Å²) in [6.07, 6.45) is -0.456. The molecule has 1 atom stereocenters. The van der Waals surface area contributed by atoms with Crippen molar-refractivity contribution in [2.24, 2.45) is 0 Å². The van der Waals surface area contributed by atoms with Crippen LogP contribution in [0.25, 0.3) is 0 Å². The normalized spacial score (nSPS) is 17.9. The first kappa shape index (κ1) is 20.9. The van der Waals surface area contributed by atoms with Crippen molar-refractivity contribution in [3.63, 3.8) is 0 Å². The maximum atomic E-state index is 13.2. The number of H-pyrrole nitrogens is 1. The number of aromatic amines is 1. The standard InChI is InChI=1S/C19H24N6O3S2/c1-11-14(4)29-19(20-11)22-17-7-5-6-15(21-17)16-10-25(8-9-28-16)30(26,27)18-12(2)23-24-13(18)3/h5-7,16H,8-10H2,1-4H3,(H,23,24)(H,20,21,22)/t16-/m0/s1. The van der Waals surface area contributed by atoms with E-state index in [1.807, 2.05) is 32.0 Å². The molecule has 0 radical (unpaired) electrons. The van der Waals surface area contributed by atoms with E-state index in [-0.39, 0.29) is 11.4 Å². The number of pyridine rings is 1. The molecule has 1 aliphatic rings. The van der Waals surface area contributed by atoms with Crippen molar-refractivity contribution in [2.45, 2.75) is 38.7 Å². The molecule has 3 aromatic rings. The number of hydrogen-bond donors (Lipinski definition) is 2. The fourth-order valence-electron chi connectivity index (χ4n) is 3.41. The summed E-state index contributed by atoms with van der Waals surface area (Å²) in [5.41, 5.74) is 2.66. The lowest BCUT2D eigenvalue weighted by molar-refractivity contribution is -0.00488. The molecule has 0 saturated carbocycles. The van der Waals surface area contributed by atoms with Gasteiger partial charge in [0.15, 0.2) is 5.13 Å². The summed E-state index contributed by atoms with van der Waals surface area (Å²) in [6, 6.07) is 5.57. The summed E-state index contributed by atoms with van der Waals surface area (Å²) >= 11 is 1.57. The summed E-state index contributed by atoms with van der Waals surface area (Å²) < 4.78 is 33.7. The summed E-state index contributed by atoms with van der Waals surface area (Å²) in [6.45, 7) is 8.17. The van der Waals surface area contributed by atoms with Gasteiger partial charge in [0.05, 0.1) is 29.4 Å². The molecule has 0 aromatic carbocycles. The van der Waals surface area contributed by atoms with Crippen LogP contribution in [0, 0.1) is 27.7 Å². The molecule has 9 nitrogen and oxygen atoms in total. The number of aryl methyl sites for hydroxylation is 4. The van der Waals surface area contributed by atoms with Crippen molar-refractivity contribution in [2.75, 3.05) is 25.0 Å². The molecule has 4 rings (SSSR count). The Morgan fingerprint density at radius 2 is 2.00 bits per heavy atom. The molecule has 1 aliphatic heterocycles. The number of thiazole rings is 1. The van der Waals surface area contributed by atoms with E-state index < -0.39 is 16.1 Å². The maximum absolute atomic E-state index is 13.2. The number of aromatic nitrogens is 4. The average molecular weight is 449 g/mol. The van der Waals surface area contributed by atoms with E-state index in [2.05, 4.69) is 25.5 Å². The van der Waals surface area contributed by atoms with Gasteiger partial charge >= 0.3 is 0 Å². The van der Waals surface area contributed by atoms with Crippen molar-refractivity contribution in [1.29, 1.82) is 0 Å². The van der Waals surface area contributed by atoms with E-state index in [1.165, 1.54) is 4.31 Å². The number of hydrogen-bond acceptors (Lipinski definition) is 8. The maximum Gasteiger partial charge on any atom is 0.246 e. The van der Waals surface area contributed by atoms with Gasteiger partial charge in [0.25, 0.3) is 0 Å². The molecule has 30 heavy (non-hydrogen) atoms. The van der Waals surface area contributed by atoms with Gasteiger partial charge in [-0.1, -0.05) is 6.07 Å². The predicted octanol–water partition coefficient (Wildman–Crippen LogP) is 3.00. The van der Waals surface area contributed by atoms with Gasteiger partial charge in [0.2, 0.25) is 10.0 Å². The van der Waals surface area contributed by atoms with E-state index in [0.29, 0.717) is 36.1 Å². The van der Waals surface area contributed by atoms with Gasteiger partial charge < -0.3 is 10.1 Å². The molecule has 0 bridgehead atoms. The molecule has 11 heteroatoms. The third kappa shape index (κ3) is 3.97. The first-order chi connectivity index (χ1) is 14.3. The Morgan fingerprint density at radius 3 is 2.67 bits per heavy atom. The average Bonchev–Trinajstić information content (AvgIpc) is 3.22. The minimum atomic E-state index is -3.67. The summed E-state index contributed by atoms with van der Waals surface area (Å²) in [4.78, 5) is 10.5. The molecule has 2 N–H and O–H groups in total. The number of morpholine rings is 1. The predicted molar refractivity (Wildman–Crippen MR) is 115 cm³/mol. The van der Waals surface area contributed by atoms with Gasteiger partial charge in [-0.15, -0.1) is 11.3 Å².